The van der Waals surface area contributed by atoms with Gasteiger partial charge in [0, 0.05) is 4.90 Å². The summed E-state index contributed by atoms with van der Waals surface area (Å²) in [5.74, 6) is 0.569. The zero-order chi connectivity index (χ0) is 9.42. The number of anilines is 1. The van der Waals surface area contributed by atoms with Crippen molar-refractivity contribution in [2.75, 3.05) is 5.32 Å². The Labute approximate surface area is 81.5 Å². The Bertz CT molecular complexity index is 365. The van der Waals surface area contributed by atoms with Gasteiger partial charge in [0.2, 0.25) is 0 Å². The molecule has 1 N–H and O–H groups in total. The van der Waals surface area contributed by atoms with E-state index in [0.717, 1.165) is 4.90 Å². The quantitative estimate of drug-likeness (QED) is 0.618. The van der Waals surface area contributed by atoms with Crippen LogP contribution in [0.5, 0.6) is 5.75 Å². The number of nitrogens with one attached hydrogen (secondary N) is 1. The Hall–Kier alpha value is -1.16. The summed E-state index contributed by atoms with van der Waals surface area (Å²) in [4.78, 5) is 12.0. The smallest absolute Gasteiger partial charge is 0.265 e. The highest BCUT2D eigenvalue weighted by Gasteiger charge is 2.22. The molecule has 1 atom stereocenters. The third-order valence-electron chi connectivity index (χ3n) is 1.90. The highest BCUT2D eigenvalue weighted by molar-refractivity contribution is 7.80. The first-order valence-electron chi connectivity index (χ1n) is 3.97. The molecule has 4 heteroatoms. The SMILES string of the molecule is CC1Oc2cc(S)ccc2NC1=O. The molecule has 0 spiro atoms. The predicted molar refractivity (Wildman–Crippen MR) is 52.4 cm³/mol. The van der Waals surface area contributed by atoms with Crippen LogP contribution in [0.3, 0.4) is 0 Å². The van der Waals surface area contributed by atoms with Gasteiger partial charge in [0.25, 0.3) is 5.91 Å². The number of amides is 1. The summed E-state index contributed by atoms with van der Waals surface area (Å²) in [5.41, 5.74) is 0.709. The standard InChI is InChI=1S/C9H9NO2S/c1-5-9(11)10-7-3-2-6(13)4-8(7)12-5/h2-5,13H,1H3,(H,10,11). The molecule has 13 heavy (non-hydrogen) atoms. The van der Waals surface area contributed by atoms with Crippen molar-refractivity contribution in [3.63, 3.8) is 0 Å². The van der Waals surface area contributed by atoms with Crippen LogP contribution in [-0.2, 0) is 4.79 Å². The number of thiol groups is 1. The highest BCUT2D eigenvalue weighted by atomic mass is 32.1. The molecule has 0 bridgehead atoms. The Morgan fingerprint density at radius 3 is 3.08 bits per heavy atom. The molecule has 1 aromatic rings. The fraction of sp³-hybridized carbons (Fsp3) is 0.222. The third-order valence-corrected chi connectivity index (χ3v) is 2.17. The lowest BCUT2D eigenvalue weighted by Gasteiger charge is -2.23. The molecular formula is C9H9NO2S. The van der Waals surface area contributed by atoms with Crippen LogP contribution in [-0.4, -0.2) is 12.0 Å². The fourth-order valence-electron chi connectivity index (χ4n) is 1.19. The van der Waals surface area contributed by atoms with Gasteiger partial charge in [-0.15, -0.1) is 12.6 Å². The number of carbonyl (C=O) groups excluding carboxylic acids is 1. The zero-order valence-corrected chi connectivity index (χ0v) is 7.97. The van der Waals surface area contributed by atoms with Crippen molar-refractivity contribution < 1.29 is 9.53 Å². The summed E-state index contributed by atoms with van der Waals surface area (Å²) in [7, 11) is 0. The molecule has 0 fully saturated rings. The Kier molecular flexibility index (Phi) is 1.92. The second-order valence-electron chi connectivity index (χ2n) is 2.93. The molecule has 0 saturated heterocycles. The molecule has 1 aliphatic heterocycles. The van der Waals surface area contributed by atoms with Gasteiger partial charge in [0.05, 0.1) is 5.69 Å². The first-order chi connectivity index (χ1) is 6.16. The first kappa shape index (κ1) is 8.44. The number of ether oxygens (including phenoxy) is 1. The van der Waals surface area contributed by atoms with E-state index in [2.05, 4.69) is 17.9 Å². The molecule has 0 aliphatic carbocycles. The maximum Gasteiger partial charge on any atom is 0.265 e. The van der Waals surface area contributed by atoms with Gasteiger partial charge in [-0.1, -0.05) is 0 Å². The molecule has 0 radical (unpaired) electrons. The van der Waals surface area contributed by atoms with Crippen molar-refractivity contribution in [2.45, 2.75) is 17.9 Å². The van der Waals surface area contributed by atoms with Crippen molar-refractivity contribution >= 4 is 24.2 Å². The van der Waals surface area contributed by atoms with Crippen molar-refractivity contribution in [3.8, 4) is 5.75 Å². The molecule has 1 heterocycles. The first-order valence-corrected chi connectivity index (χ1v) is 4.42. The molecule has 1 aliphatic rings. The molecular weight excluding hydrogens is 186 g/mol. The van der Waals surface area contributed by atoms with E-state index < -0.39 is 6.10 Å². The van der Waals surface area contributed by atoms with Gasteiger partial charge in [-0.2, -0.15) is 0 Å². The van der Waals surface area contributed by atoms with Crippen molar-refractivity contribution in [2.24, 2.45) is 0 Å². The predicted octanol–water partition coefficient (Wildman–Crippen LogP) is 1.69. The van der Waals surface area contributed by atoms with Crippen LogP contribution in [0.2, 0.25) is 0 Å². The Morgan fingerprint density at radius 2 is 2.31 bits per heavy atom. The van der Waals surface area contributed by atoms with Gasteiger partial charge in [-0.3, -0.25) is 4.79 Å². The summed E-state index contributed by atoms with van der Waals surface area (Å²) >= 11 is 4.18. The number of carbonyl (C=O) groups is 1. The van der Waals surface area contributed by atoms with E-state index in [1.807, 2.05) is 6.07 Å². The van der Waals surface area contributed by atoms with Crippen molar-refractivity contribution in [1.29, 1.82) is 0 Å². The highest BCUT2D eigenvalue weighted by Crippen LogP contribution is 2.31. The average Bonchev–Trinajstić information content (AvgIpc) is 2.08. The molecule has 1 aromatic carbocycles. The summed E-state index contributed by atoms with van der Waals surface area (Å²) < 4.78 is 5.36. The molecule has 1 amide bonds. The van der Waals surface area contributed by atoms with E-state index in [9.17, 15) is 4.79 Å². The minimum absolute atomic E-state index is 0.112. The zero-order valence-electron chi connectivity index (χ0n) is 7.07. The van der Waals surface area contributed by atoms with Crippen molar-refractivity contribution in [3.05, 3.63) is 18.2 Å². The van der Waals surface area contributed by atoms with Crippen LogP contribution < -0.4 is 10.1 Å². The van der Waals surface area contributed by atoms with E-state index in [1.54, 1.807) is 19.1 Å². The maximum absolute atomic E-state index is 11.2. The molecule has 2 rings (SSSR count). The molecule has 68 valence electrons. The van der Waals surface area contributed by atoms with Crippen LogP contribution in [0, 0.1) is 0 Å². The lowest BCUT2D eigenvalue weighted by Crippen LogP contribution is -2.34. The van der Waals surface area contributed by atoms with Gasteiger partial charge in [0.15, 0.2) is 6.10 Å². The van der Waals surface area contributed by atoms with Gasteiger partial charge in [-0.25, -0.2) is 0 Å². The summed E-state index contributed by atoms with van der Waals surface area (Å²) in [5, 5.41) is 2.74. The molecule has 0 saturated carbocycles. The van der Waals surface area contributed by atoms with Gasteiger partial charge < -0.3 is 10.1 Å². The van der Waals surface area contributed by atoms with E-state index in [1.165, 1.54) is 0 Å². The number of hydrogen-bond donors (Lipinski definition) is 2. The monoisotopic (exact) mass is 195 g/mol. The topological polar surface area (TPSA) is 38.3 Å². The minimum atomic E-state index is -0.428. The number of benzene rings is 1. The van der Waals surface area contributed by atoms with Crippen LogP contribution in [0.4, 0.5) is 5.69 Å². The van der Waals surface area contributed by atoms with Crippen LogP contribution in [0.15, 0.2) is 23.1 Å². The Balaban J connectivity index is 2.42. The van der Waals surface area contributed by atoms with Gasteiger partial charge in [-0.05, 0) is 25.1 Å². The Morgan fingerprint density at radius 1 is 1.54 bits per heavy atom. The van der Waals surface area contributed by atoms with Gasteiger partial charge in [0.1, 0.15) is 5.75 Å². The van der Waals surface area contributed by atoms with Crippen LogP contribution in [0.1, 0.15) is 6.92 Å². The van der Waals surface area contributed by atoms with E-state index >= 15 is 0 Å². The number of hydrogen-bond acceptors (Lipinski definition) is 3. The van der Waals surface area contributed by atoms with Gasteiger partial charge >= 0.3 is 0 Å². The minimum Gasteiger partial charge on any atom is -0.479 e. The number of fused-ring (bicyclic) bond motifs is 1. The van der Waals surface area contributed by atoms with Crippen LogP contribution in [0.25, 0.3) is 0 Å². The average molecular weight is 195 g/mol. The summed E-state index contributed by atoms with van der Waals surface area (Å²) in [6, 6.07) is 5.37. The summed E-state index contributed by atoms with van der Waals surface area (Å²) in [6.45, 7) is 1.71. The second-order valence-corrected chi connectivity index (χ2v) is 3.45. The molecule has 3 nitrogen and oxygen atoms in total. The maximum atomic E-state index is 11.2. The normalized spacial score (nSPS) is 20.2. The summed E-state index contributed by atoms with van der Waals surface area (Å²) in [6.07, 6.45) is -0.428. The van der Waals surface area contributed by atoms with E-state index in [4.69, 9.17) is 4.74 Å². The lowest BCUT2D eigenvalue weighted by atomic mass is 10.2. The van der Waals surface area contributed by atoms with E-state index in [-0.39, 0.29) is 5.91 Å². The largest absolute Gasteiger partial charge is 0.479 e. The molecule has 0 aromatic heterocycles. The number of rotatable bonds is 0. The lowest BCUT2D eigenvalue weighted by molar-refractivity contribution is -0.122. The third kappa shape index (κ3) is 1.49. The van der Waals surface area contributed by atoms with Crippen molar-refractivity contribution in [1.82, 2.24) is 0 Å². The van der Waals surface area contributed by atoms with E-state index in [0.29, 0.717) is 11.4 Å². The second kappa shape index (κ2) is 2.96. The van der Waals surface area contributed by atoms with Crippen LogP contribution >= 0.6 is 12.6 Å². The molecule has 1 unspecified atom stereocenters. The fourth-order valence-corrected chi connectivity index (χ4v) is 1.38.